The van der Waals surface area contributed by atoms with Gasteiger partial charge in [-0.05, 0) is 36.1 Å². The van der Waals surface area contributed by atoms with E-state index in [1.165, 1.54) is 19.2 Å². The number of carbonyl (C=O) groups excluding carboxylic acids is 2. The second kappa shape index (κ2) is 7.31. The van der Waals surface area contributed by atoms with Crippen LogP contribution in [0.1, 0.15) is 32.3 Å². The number of methoxy groups -OCH3 is 1. The second-order valence-corrected chi connectivity index (χ2v) is 7.59. The zero-order chi connectivity index (χ0) is 17.9. The Morgan fingerprint density at radius 2 is 2.08 bits per heavy atom. The van der Waals surface area contributed by atoms with Crippen LogP contribution in [0.5, 0.6) is 0 Å². The molecule has 1 aromatic rings. The Labute approximate surface area is 141 Å². The summed E-state index contributed by atoms with van der Waals surface area (Å²) in [6.45, 7) is 3.66. The largest absolute Gasteiger partial charge is 0.468 e. The minimum Gasteiger partial charge on any atom is -0.468 e. The van der Waals surface area contributed by atoms with Gasteiger partial charge in [-0.25, -0.2) is 8.42 Å². The first kappa shape index (κ1) is 18.4. The van der Waals surface area contributed by atoms with Crippen molar-refractivity contribution in [1.29, 1.82) is 0 Å². The number of rotatable bonds is 6. The fraction of sp³-hybridized carbons (Fsp3) is 0.500. The zero-order valence-electron chi connectivity index (χ0n) is 14.0. The van der Waals surface area contributed by atoms with Crippen LogP contribution in [0.4, 0.5) is 5.69 Å². The van der Waals surface area contributed by atoms with E-state index in [0.717, 1.165) is 5.56 Å². The molecular formula is C16H22N2O5S. The van der Waals surface area contributed by atoms with E-state index in [-0.39, 0.29) is 16.7 Å². The molecule has 1 aliphatic heterocycles. The van der Waals surface area contributed by atoms with Gasteiger partial charge in [0.15, 0.2) is 0 Å². The van der Waals surface area contributed by atoms with Gasteiger partial charge in [0.05, 0.1) is 12.0 Å². The number of fused-ring (bicyclic) bond motifs is 1. The molecule has 24 heavy (non-hydrogen) atoms. The Balaban J connectivity index is 2.29. The highest BCUT2D eigenvalue weighted by molar-refractivity contribution is 7.89. The topological polar surface area (TPSA) is 102 Å². The number of hydrogen-bond acceptors (Lipinski definition) is 5. The quantitative estimate of drug-likeness (QED) is 0.753. The van der Waals surface area contributed by atoms with Crippen molar-refractivity contribution in [1.82, 2.24) is 4.72 Å². The van der Waals surface area contributed by atoms with Crippen molar-refractivity contribution in [3.63, 3.8) is 0 Å². The molecule has 1 aromatic carbocycles. The van der Waals surface area contributed by atoms with Crippen molar-refractivity contribution >= 4 is 27.6 Å². The van der Waals surface area contributed by atoms with Gasteiger partial charge in [-0.3, -0.25) is 9.59 Å². The molecule has 2 rings (SSSR count). The van der Waals surface area contributed by atoms with Crippen LogP contribution in [0.15, 0.2) is 23.1 Å². The standard InChI is InChI=1S/C16H22N2O5S/c1-4-10(2)15(16(20)23-3)18-24(21,22)12-6-7-13-11(9-12)5-8-14(19)17-13/h6-7,9-10,15,18H,4-5,8H2,1-3H3,(H,17,19)/t10-,15+/m1/s1. The van der Waals surface area contributed by atoms with Crippen molar-refractivity contribution in [2.45, 2.75) is 44.0 Å². The van der Waals surface area contributed by atoms with E-state index in [0.29, 0.717) is 24.9 Å². The van der Waals surface area contributed by atoms with Crippen molar-refractivity contribution in [2.75, 3.05) is 12.4 Å². The molecule has 1 amide bonds. The molecule has 0 bridgehead atoms. The Kier molecular flexibility index (Phi) is 5.61. The molecule has 0 aromatic heterocycles. The summed E-state index contributed by atoms with van der Waals surface area (Å²) in [6, 6.07) is 3.57. The third kappa shape index (κ3) is 3.93. The summed E-state index contributed by atoms with van der Waals surface area (Å²) in [5, 5.41) is 2.71. The highest BCUT2D eigenvalue weighted by atomic mass is 32.2. The van der Waals surface area contributed by atoms with Gasteiger partial charge in [0.1, 0.15) is 6.04 Å². The van der Waals surface area contributed by atoms with Gasteiger partial charge in [0.25, 0.3) is 0 Å². The normalized spacial score (nSPS) is 16.7. The minimum absolute atomic E-state index is 0.0644. The first-order valence-electron chi connectivity index (χ1n) is 7.81. The second-order valence-electron chi connectivity index (χ2n) is 5.87. The van der Waals surface area contributed by atoms with E-state index >= 15 is 0 Å². The Bertz CT molecular complexity index is 745. The molecular weight excluding hydrogens is 332 g/mol. The summed E-state index contributed by atoms with van der Waals surface area (Å²) >= 11 is 0. The summed E-state index contributed by atoms with van der Waals surface area (Å²) in [5.74, 6) is -0.902. The summed E-state index contributed by atoms with van der Waals surface area (Å²) in [6.07, 6.45) is 1.43. The fourth-order valence-corrected chi connectivity index (χ4v) is 3.86. The monoisotopic (exact) mass is 354 g/mol. The third-order valence-electron chi connectivity index (χ3n) is 4.23. The molecule has 0 spiro atoms. The predicted molar refractivity (Wildman–Crippen MR) is 89.0 cm³/mol. The maximum atomic E-state index is 12.6. The van der Waals surface area contributed by atoms with E-state index in [9.17, 15) is 18.0 Å². The van der Waals surface area contributed by atoms with Gasteiger partial charge >= 0.3 is 5.97 Å². The maximum Gasteiger partial charge on any atom is 0.324 e. The highest BCUT2D eigenvalue weighted by Crippen LogP contribution is 2.26. The molecule has 0 fully saturated rings. The number of aryl methyl sites for hydroxylation is 1. The van der Waals surface area contributed by atoms with Crippen molar-refractivity contribution in [3.05, 3.63) is 23.8 Å². The predicted octanol–water partition coefficient (Wildman–Crippen LogP) is 1.44. The van der Waals surface area contributed by atoms with Gasteiger partial charge in [0, 0.05) is 12.1 Å². The fourth-order valence-electron chi connectivity index (χ4n) is 2.52. The van der Waals surface area contributed by atoms with Crippen LogP contribution < -0.4 is 10.0 Å². The molecule has 0 aliphatic carbocycles. The molecule has 1 heterocycles. The lowest BCUT2D eigenvalue weighted by atomic mass is 10.0. The van der Waals surface area contributed by atoms with Crippen LogP contribution in [-0.2, 0) is 30.8 Å². The molecule has 0 saturated carbocycles. The van der Waals surface area contributed by atoms with E-state index in [1.807, 2.05) is 6.92 Å². The number of benzene rings is 1. The summed E-state index contributed by atoms with van der Waals surface area (Å²) < 4.78 is 32.4. The molecule has 2 atom stereocenters. The third-order valence-corrected chi connectivity index (χ3v) is 5.67. The minimum atomic E-state index is -3.88. The van der Waals surface area contributed by atoms with Crippen molar-refractivity contribution in [3.8, 4) is 0 Å². The van der Waals surface area contributed by atoms with Gasteiger partial charge in [-0.1, -0.05) is 20.3 Å². The number of esters is 1. The Morgan fingerprint density at radius 3 is 2.71 bits per heavy atom. The van der Waals surface area contributed by atoms with Crippen LogP contribution in [-0.4, -0.2) is 33.4 Å². The molecule has 0 saturated heterocycles. The van der Waals surface area contributed by atoms with Crippen LogP contribution in [0.2, 0.25) is 0 Å². The number of nitrogens with one attached hydrogen (secondary N) is 2. The zero-order valence-corrected chi connectivity index (χ0v) is 14.8. The van der Waals surface area contributed by atoms with Gasteiger partial charge in [0.2, 0.25) is 15.9 Å². The lowest BCUT2D eigenvalue weighted by Crippen LogP contribution is -2.45. The lowest BCUT2D eigenvalue weighted by molar-refractivity contribution is -0.143. The van der Waals surface area contributed by atoms with Crippen molar-refractivity contribution < 1.29 is 22.7 Å². The van der Waals surface area contributed by atoms with Gasteiger partial charge in [-0.15, -0.1) is 0 Å². The van der Waals surface area contributed by atoms with E-state index in [4.69, 9.17) is 4.74 Å². The number of ether oxygens (including phenoxy) is 1. The molecule has 0 radical (unpaired) electrons. The number of sulfonamides is 1. The summed E-state index contributed by atoms with van der Waals surface area (Å²) in [4.78, 5) is 23.3. The average Bonchev–Trinajstić information content (AvgIpc) is 2.57. The average molecular weight is 354 g/mol. The van der Waals surface area contributed by atoms with Crippen LogP contribution in [0, 0.1) is 5.92 Å². The van der Waals surface area contributed by atoms with E-state index in [1.54, 1.807) is 13.0 Å². The molecule has 8 heteroatoms. The molecule has 7 nitrogen and oxygen atoms in total. The maximum absolute atomic E-state index is 12.6. The van der Waals surface area contributed by atoms with Gasteiger partial charge < -0.3 is 10.1 Å². The first-order chi connectivity index (χ1) is 11.3. The molecule has 132 valence electrons. The van der Waals surface area contributed by atoms with Crippen LogP contribution in [0.3, 0.4) is 0 Å². The molecule has 1 aliphatic rings. The SMILES string of the molecule is CC[C@@H](C)[C@H](NS(=O)(=O)c1ccc2c(c1)CCC(=O)N2)C(=O)OC. The number of carbonyl (C=O) groups is 2. The van der Waals surface area contributed by atoms with Crippen LogP contribution in [0.25, 0.3) is 0 Å². The molecule has 0 unspecified atom stereocenters. The summed E-state index contributed by atoms with van der Waals surface area (Å²) in [5.41, 5.74) is 1.38. The van der Waals surface area contributed by atoms with E-state index < -0.39 is 22.0 Å². The highest BCUT2D eigenvalue weighted by Gasteiger charge is 2.31. The van der Waals surface area contributed by atoms with Crippen LogP contribution >= 0.6 is 0 Å². The molecule has 2 N–H and O–H groups in total. The number of anilines is 1. The number of hydrogen-bond donors (Lipinski definition) is 2. The first-order valence-corrected chi connectivity index (χ1v) is 9.29. The van der Waals surface area contributed by atoms with Crippen molar-refractivity contribution in [2.24, 2.45) is 5.92 Å². The number of amides is 1. The lowest BCUT2D eigenvalue weighted by Gasteiger charge is -2.22. The van der Waals surface area contributed by atoms with E-state index in [2.05, 4.69) is 10.0 Å². The Morgan fingerprint density at radius 1 is 1.38 bits per heavy atom. The van der Waals surface area contributed by atoms with Gasteiger partial charge in [-0.2, -0.15) is 4.72 Å². The smallest absolute Gasteiger partial charge is 0.324 e. The Hall–Kier alpha value is -1.93. The summed E-state index contributed by atoms with van der Waals surface area (Å²) in [7, 11) is -2.65.